The zero-order valence-corrected chi connectivity index (χ0v) is 19.7. The molecule has 0 spiro atoms. The second-order valence-electron chi connectivity index (χ2n) is 8.34. The Morgan fingerprint density at radius 1 is 1.15 bits per heavy atom. The Kier molecular flexibility index (Phi) is 6.36. The minimum atomic E-state index is -0.264. The lowest BCUT2D eigenvalue weighted by Gasteiger charge is -2.27. The maximum atomic E-state index is 13.5. The van der Waals surface area contributed by atoms with E-state index in [0.717, 1.165) is 47.5 Å². The van der Waals surface area contributed by atoms with Crippen molar-refractivity contribution in [3.05, 3.63) is 89.1 Å². The van der Waals surface area contributed by atoms with Gasteiger partial charge in [-0.3, -0.25) is 9.89 Å². The van der Waals surface area contributed by atoms with Gasteiger partial charge in [0.05, 0.1) is 24.7 Å². The van der Waals surface area contributed by atoms with Crippen LogP contribution in [0.5, 0.6) is 5.75 Å². The molecule has 174 valence electrons. The van der Waals surface area contributed by atoms with Crippen LogP contribution >= 0.6 is 11.6 Å². The van der Waals surface area contributed by atoms with Gasteiger partial charge in [-0.05, 0) is 42.7 Å². The van der Waals surface area contributed by atoms with Gasteiger partial charge in [-0.1, -0.05) is 42.8 Å². The normalized spacial score (nSPS) is 15.1. The van der Waals surface area contributed by atoms with Gasteiger partial charge >= 0.3 is 0 Å². The van der Waals surface area contributed by atoms with E-state index in [9.17, 15) is 4.79 Å². The summed E-state index contributed by atoms with van der Waals surface area (Å²) in [6, 6.07) is 15.3. The largest absolute Gasteiger partial charge is 0.494 e. The molecule has 34 heavy (non-hydrogen) atoms. The number of aromatic nitrogens is 4. The summed E-state index contributed by atoms with van der Waals surface area (Å²) < 4.78 is 7.92. The van der Waals surface area contributed by atoms with Gasteiger partial charge < -0.3 is 14.2 Å². The fourth-order valence-corrected chi connectivity index (χ4v) is 4.56. The van der Waals surface area contributed by atoms with Crippen molar-refractivity contribution in [2.45, 2.75) is 32.4 Å². The predicted molar refractivity (Wildman–Crippen MR) is 131 cm³/mol. The molecule has 1 N–H and O–H groups in total. The van der Waals surface area contributed by atoms with Crippen molar-refractivity contribution < 1.29 is 9.53 Å². The first-order chi connectivity index (χ1) is 16.7. The summed E-state index contributed by atoms with van der Waals surface area (Å²) in [5.41, 5.74) is 4.11. The van der Waals surface area contributed by atoms with Crippen LogP contribution in [0.3, 0.4) is 0 Å². The monoisotopic (exact) mass is 475 g/mol. The zero-order chi connectivity index (χ0) is 23.5. The van der Waals surface area contributed by atoms with Gasteiger partial charge in [-0.25, -0.2) is 4.98 Å². The number of amides is 1. The standard InChI is InChI=1S/C26H26ClN5O2/c1-2-15-34-21-6-3-5-19(16-21)25-22-23(18-7-9-20(27)10-8-18)29-30-24(22)26(33)32(25)13-4-12-31-14-11-28-17-31/h3,5-11,14,16-17,25H,2,4,12-13,15H2,1H3,(H,29,30). The van der Waals surface area contributed by atoms with Crippen LogP contribution in [0.2, 0.25) is 5.02 Å². The molecule has 0 saturated heterocycles. The van der Waals surface area contributed by atoms with Crippen molar-refractivity contribution in [2.75, 3.05) is 13.2 Å². The number of hydrogen-bond acceptors (Lipinski definition) is 4. The van der Waals surface area contributed by atoms with Crippen LogP contribution in [0, 0.1) is 0 Å². The van der Waals surface area contributed by atoms with E-state index < -0.39 is 0 Å². The molecule has 5 rings (SSSR count). The number of H-pyrrole nitrogens is 1. The van der Waals surface area contributed by atoms with Crippen LogP contribution in [0.25, 0.3) is 11.3 Å². The van der Waals surface area contributed by atoms with Gasteiger partial charge in [-0.2, -0.15) is 5.10 Å². The first-order valence-corrected chi connectivity index (χ1v) is 11.9. The molecular weight excluding hydrogens is 450 g/mol. The van der Waals surface area contributed by atoms with E-state index in [1.165, 1.54) is 0 Å². The minimum absolute atomic E-state index is 0.0433. The molecule has 0 saturated carbocycles. The Labute approximate surface area is 203 Å². The summed E-state index contributed by atoms with van der Waals surface area (Å²) >= 11 is 6.11. The third kappa shape index (κ3) is 4.31. The molecule has 2 aromatic carbocycles. The molecule has 1 amide bonds. The molecule has 1 atom stereocenters. The van der Waals surface area contributed by atoms with Gasteiger partial charge in [0.15, 0.2) is 0 Å². The molecule has 4 aromatic rings. The third-order valence-corrected chi connectivity index (χ3v) is 6.25. The first-order valence-electron chi connectivity index (χ1n) is 11.5. The number of hydrogen-bond donors (Lipinski definition) is 1. The summed E-state index contributed by atoms with van der Waals surface area (Å²) in [4.78, 5) is 19.5. The van der Waals surface area contributed by atoms with Crippen LogP contribution in [-0.4, -0.2) is 43.7 Å². The maximum Gasteiger partial charge on any atom is 0.273 e. The number of aryl methyl sites for hydroxylation is 1. The highest BCUT2D eigenvalue weighted by atomic mass is 35.5. The number of carbonyl (C=O) groups excluding carboxylic acids is 1. The maximum absolute atomic E-state index is 13.5. The van der Waals surface area contributed by atoms with Crippen LogP contribution < -0.4 is 4.74 Å². The molecule has 0 bridgehead atoms. The Morgan fingerprint density at radius 3 is 2.76 bits per heavy atom. The van der Waals surface area contributed by atoms with Crippen molar-refractivity contribution in [3.8, 4) is 17.0 Å². The van der Waals surface area contributed by atoms with Crippen LogP contribution in [0.4, 0.5) is 0 Å². The second kappa shape index (κ2) is 9.73. The molecule has 3 heterocycles. The summed E-state index contributed by atoms with van der Waals surface area (Å²) in [6.07, 6.45) is 7.23. The Morgan fingerprint density at radius 2 is 2.00 bits per heavy atom. The highest BCUT2D eigenvalue weighted by Crippen LogP contribution is 2.43. The van der Waals surface area contributed by atoms with E-state index in [4.69, 9.17) is 16.3 Å². The van der Waals surface area contributed by atoms with Gasteiger partial charge in [-0.15, -0.1) is 0 Å². The second-order valence-corrected chi connectivity index (χ2v) is 8.78. The Hall–Kier alpha value is -3.58. The molecular formula is C26H26ClN5O2. The molecule has 0 aliphatic carbocycles. The van der Waals surface area contributed by atoms with E-state index in [1.54, 1.807) is 12.5 Å². The summed E-state index contributed by atoms with van der Waals surface area (Å²) in [6.45, 7) is 4.11. The summed E-state index contributed by atoms with van der Waals surface area (Å²) in [7, 11) is 0. The van der Waals surface area contributed by atoms with Crippen molar-refractivity contribution in [1.29, 1.82) is 0 Å². The number of halogens is 1. The fraction of sp³-hybridized carbons (Fsp3) is 0.269. The van der Waals surface area contributed by atoms with E-state index in [-0.39, 0.29) is 11.9 Å². The number of carbonyl (C=O) groups is 1. The van der Waals surface area contributed by atoms with Crippen molar-refractivity contribution in [3.63, 3.8) is 0 Å². The molecule has 1 unspecified atom stereocenters. The average molecular weight is 476 g/mol. The Balaban J connectivity index is 1.52. The number of aromatic amines is 1. The number of rotatable bonds is 9. The predicted octanol–water partition coefficient (Wildman–Crippen LogP) is 5.35. The number of nitrogens with one attached hydrogen (secondary N) is 1. The van der Waals surface area contributed by atoms with Gasteiger partial charge in [0.2, 0.25) is 0 Å². The van der Waals surface area contributed by atoms with E-state index in [0.29, 0.717) is 23.9 Å². The molecule has 7 nitrogen and oxygen atoms in total. The summed E-state index contributed by atoms with van der Waals surface area (Å²) in [5, 5.41) is 8.20. The van der Waals surface area contributed by atoms with Crippen LogP contribution in [0.1, 0.15) is 47.4 Å². The minimum Gasteiger partial charge on any atom is -0.494 e. The summed E-state index contributed by atoms with van der Waals surface area (Å²) in [5.74, 6) is 0.758. The van der Waals surface area contributed by atoms with Gasteiger partial charge in [0.25, 0.3) is 5.91 Å². The molecule has 0 fully saturated rings. The number of benzene rings is 2. The molecule has 2 aromatic heterocycles. The van der Waals surface area contributed by atoms with Crippen molar-refractivity contribution in [1.82, 2.24) is 24.6 Å². The number of nitrogens with zero attached hydrogens (tertiary/aromatic N) is 4. The number of fused-ring (bicyclic) bond motifs is 1. The Bertz CT molecular complexity index is 1270. The van der Waals surface area contributed by atoms with E-state index >= 15 is 0 Å². The third-order valence-electron chi connectivity index (χ3n) is 6.00. The molecule has 8 heteroatoms. The van der Waals surface area contributed by atoms with E-state index in [2.05, 4.69) is 22.1 Å². The molecule has 0 radical (unpaired) electrons. The van der Waals surface area contributed by atoms with Crippen molar-refractivity contribution in [2.24, 2.45) is 0 Å². The average Bonchev–Trinajstić information content (AvgIpc) is 3.58. The lowest BCUT2D eigenvalue weighted by Crippen LogP contribution is -2.31. The SMILES string of the molecule is CCCOc1cccc(C2c3c(-c4ccc(Cl)cc4)n[nH]c3C(=O)N2CCCn2ccnc2)c1. The van der Waals surface area contributed by atoms with E-state index in [1.807, 2.05) is 64.2 Å². The smallest absolute Gasteiger partial charge is 0.273 e. The lowest BCUT2D eigenvalue weighted by molar-refractivity contribution is 0.0739. The lowest BCUT2D eigenvalue weighted by atomic mass is 9.96. The fourth-order valence-electron chi connectivity index (χ4n) is 4.44. The number of ether oxygens (including phenoxy) is 1. The van der Waals surface area contributed by atoms with Crippen LogP contribution in [0.15, 0.2) is 67.3 Å². The van der Waals surface area contributed by atoms with Gasteiger partial charge in [0, 0.05) is 41.6 Å². The first kappa shape index (κ1) is 22.2. The highest BCUT2D eigenvalue weighted by molar-refractivity contribution is 6.30. The highest BCUT2D eigenvalue weighted by Gasteiger charge is 2.42. The van der Waals surface area contributed by atoms with Gasteiger partial charge in [0.1, 0.15) is 11.4 Å². The van der Waals surface area contributed by atoms with Crippen molar-refractivity contribution >= 4 is 17.5 Å². The molecule has 1 aliphatic rings. The van der Waals surface area contributed by atoms with Crippen LogP contribution in [-0.2, 0) is 6.54 Å². The quantitative estimate of drug-likeness (QED) is 0.354. The topological polar surface area (TPSA) is 76.0 Å². The number of imidazole rings is 1. The zero-order valence-electron chi connectivity index (χ0n) is 18.9. The molecule has 1 aliphatic heterocycles.